The van der Waals surface area contributed by atoms with E-state index in [0.29, 0.717) is 11.8 Å². The Kier molecular flexibility index (Phi) is 3.60. The maximum atomic E-state index is 9.38. The average molecular weight is 356 g/mol. The zero-order valence-corrected chi connectivity index (χ0v) is 14.6. The van der Waals surface area contributed by atoms with E-state index in [9.17, 15) is 5.11 Å². The molecule has 1 atom stereocenters. The summed E-state index contributed by atoms with van der Waals surface area (Å²) in [7, 11) is 0. The predicted molar refractivity (Wildman–Crippen MR) is 98.7 cm³/mol. The molecule has 4 heterocycles. The molecule has 8 heteroatoms. The summed E-state index contributed by atoms with van der Waals surface area (Å²) in [6, 6.07) is 4.10. The van der Waals surface area contributed by atoms with Crippen LogP contribution in [0, 0.1) is 5.92 Å². The van der Waals surface area contributed by atoms with E-state index in [4.69, 9.17) is 9.97 Å². The summed E-state index contributed by atoms with van der Waals surface area (Å²) in [5.41, 5.74) is 2.15. The highest BCUT2D eigenvalue weighted by atomic mass is 32.1. The topological polar surface area (TPSA) is 90.0 Å². The summed E-state index contributed by atoms with van der Waals surface area (Å²) in [5, 5.41) is 22.3. The molecule has 1 saturated heterocycles. The number of anilines is 3. The van der Waals surface area contributed by atoms with Crippen molar-refractivity contribution in [3.63, 3.8) is 0 Å². The van der Waals surface area contributed by atoms with E-state index in [2.05, 4.69) is 26.5 Å². The van der Waals surface area contributed by atoms with Crippen molar-refractivity contribution in [2.24, 2.45) is 5.92 Å². The predicted octanol–water partition coefficient (Wildman–Crippen LogP) is 2.85. The Balaban J connectivity index is 1.46. The number of nitrogens with one attached hydrogen (secondary N) is 2. The molecule has 3 N–H and O–H groups in total. The van der Waals surface area contributed by atoms with E-state index in [1.54, 1.807) is 11.3 Å². The second-order valence-electron chi connectivity index (χ2n) is 6.90. The Morgan fingerprint density at radius 2 is 2.24 bits per heavy atom. The molecule has 130 valence electrons. The summed E-state index contributed by atoms with van der Waals surface area (Å²) in [4.78, 5) is 11.6. The molecule has 1 saturated carbocycles. The van der Waals surface area contributed by atoms with Gasteiger partial charge in [0.25, 0.3) is 0 Å². The van der Waals surface area contributed by atoms with Gasteiger partial charge in [-0.2, -0.15) is 10.1 Å². The Bertz CT molecular complexity index is 902. The van der Waals surface area contributed by atoms with Crippen LogP contribution in [0.5, 0.6) is 0 Å². The van der Waals surface area contributed by atoms with Gasteiger partial charge in [-0.15, -0.1) is 11.3 Å². The molecule has 1 aliphatic carbocycles. The summed E-state index contributed by atoms with van der Waals surface area (Å²) in [6.07, 6.45) is 3.47. The maximum Gasteiger partial charge on any atom is 0.227 e. The Labute approximate surface area is 149 Å². The van der Waals surface area contributed by atoms with Crippen molar-refractivity contribution >= 4 is 39.1 Å². The molecule has 1 aliphatic heterocycles. The van der Waals surface area contributed by atoms with Gasteiger partial charge in [0.05, 0.1) is 10.2 Å². The van der Waals surface area contributed by atoms with Crippen molar-refractivity contribution in [1.29, 1.82) is 0 Å². The molecule has 0 spiro atoms. The van der Waals surface area contributed by atoms with Crippen LogP contribution in [0.15, 0.2) is 17.5 Å². The quantitative estimate of drug-likeness (QED) is 0.651. The first-order valence-corrected chi connectivity index (χ1v) is 9.61. The van der Waals surface area contributed by atoms with E-state index >= 15 is 0 Å². The van der Waals surface area contributed by atoms with E-state index in [0.717, 1.165) is 47.3 Å². The number of hydrogen-bond donors (Lipinski definition) is 3. The highest BCUT2D eigenvalue weighted by Gasteiger charge is 2.27. The van der Waals surface area contributed by atoms with Crippen molar-refractivity contribution in [3.8, 4) is 0 Å². The van der Waals surface area contributed by atoms with Crippen LogP contribution >= 0.6 is 11.3 Å². The lowest BCUT2D eigenvalue weighted by Crippen LogP contribution is -2.23. The number of hydrogen-bond acceptors (Lipinski definition) is 7. The summed E-state index contributed by atoms with van der Waals surface area (Å²) in [5.74, 6) is 3.28. The van der Waals surface area contributed by atoms with Crippen LogP contribution in [0.3, 0.4) is 0 Å². The molecule has 0 aromatic carbocycles. The number of nitrogens with zero attached hydrogens (tertiary/aromatic N) is 4. The number of thiophene rings is 1. The average Bonchev–Trinajstić information content (AvgIpc) is 3.06. The number of aromatic amines is 1. The maximum absolute atomic E-state index is 9.38. The normalized spacial score (nSPS) is 20.5. The van der Waals surface area contributed by atoms with Crippen molar-refractivity contribution < 1.29 is 5.11 Å². The van der Waals surface area contributed by atoms with E-state index in [1.807, 2.05) is 11.4 Å². The smallest absolute Gasteiger partial charge is 0.227 e. The summed E-state index contributed by atoms with van der Waals surface area (Å²) >= 11 is 1.63. The second kappa shape index (κ2) is 5.96. The van der Waals surface area contributed by atoms with Gasteiger partial charge in [0.2, 0.25) is 5.95 Å². The minimum atomic E-state index is 0.222. The molecule has 5 rings (SSSR count). The Morgan fingerprint density at radius 3 is 3.04 bits per heavy atom. The summed E-state index contributed by atoms with van der Waals surface area (Å²) in [6.45, 7) is 1.91. The fourth-order valence-corrected chi connectivity index (χ4v) is 4.14. The highest BCUT2D eigenvalue weighted by molar-refractivity contribution is 7.17. The minimum absolute atomic E-state index is 0.222. The first-order valence-electron chi connectivity index (χ1n) is 8.73. The van der Waals surface area contributed by atoms with Gasteiger partial charge in [-0.1, -0.05) is 0 Å². The molecular weight excluding hydrogens is 336 g/mol. The van der Waals surface area contributed by atoms with Crippen LogP contribution in [-0.4, -0.2) is 45.0 Å². The Hall–Kier alpha value is -2.19. The number of rotatable bonds is 5. The van der Waals surface area contributed by atoms with Gasteiger partial charge >= 0.3 is 0 Å². The zero-order valence-electron chi connectivity index (χ0n) is 13.8. The van der Waals surface area contributed by atoms with Crippen molar-refractivity contribution in [2.75, 3.05) is 29.9 Å². The number of aliphatic hydroxyl groups is 1. The van der Waals surface area contributed by atoms with Crippen molar-refractivity contribution in [2.45, 2.75) is 25.2 Å². The van der Waals surface area contributed by atoms with E-state index < -0.39 is 0 Å². The number of aliphatic hydroxyl groups excluding tert-OH is 1. The van der Waals surface area contributed by atoms with Gasteiger partial charge in [-0.3, -0.25) is 5.10 Å². The van der Waals surface area contributed by atoms with Gasteiger partial charge in [0.1, 0.15) is 0 Å². The fraction of sp³-hybridized carbons (Fsp3) is 0.471. The van der Waals surface area contributed by atoms with E-state index in [1.165, 1.54) is 18.5 Å². The fourth-order valence-electron chi connectivity index (χ4n) is 3.37. The SMILES string of the molecule is OCC1CCN(c2nc(Nc3cc(C4CC4)[nH]n3)c3sccc3n2)C1. The molecule has 3 aromatic heterocycles. The standard InChI is InChI=1S/C17H20N6OS/c24-9-10-3-5-23(8-10)17-18-12-4-6-25-15(12)16(20-17)19-14-7-13(21-22-14)11-1-2-11/h4,6-7,10-11,24H,1-3,5,8-9H2,(H2,18,19,20,21,22). The van der Waals surface area contributed by atoms with Gasteiger partial charge in [-0.05, 0) is 30.7 Å². The number of aromatic nitrogens is 4. The first-order chi connectivity index (χ1) is 12.3. The molecule has 3 aromatic rings. The lowest BCUT2D eigenvalue weighted by atomic mass is 10.1. The van der Waals surface area contributed by atoms with Crippen molar-refractivity contribution in [1.82, 2.24) is 20.2 Å². The van der Waals surface area contributed by atoms with Crippen LogP contribution in [-0.2, 0) is 0 Å². The third kappa shape index (κ3) is 2.85. The van der Waals surface area contributed by atoms with Crippen molar-refractivity contribution in [3.05, 3.63) is 23.2 Å². The van der Waals surface area contributed by atoms with E-state index in [-0.39, 0.29) is 6.61 Å². The third-order valence-corrected chi connectivity index (χ3v) is 5.89. The molecule has 2 fully saturated rings. The lowest BCUT2D eigenvalue weighted by Gasteiger charge is -2.17. The van der Waals surface area contributed by atoms with Crippen LogP contribution < -0.4 is 10.2 Å². The monoisotopic (exact) mass is 356 g/mol. The molecule has 0 amide bonds. The first kappa shape index (κ1) is 15.1. The second-order valence-corrected chi connectivity index (χ2v) is 7.81. The minimum Gasteiger partial charge on any atom is -0.396 e. The number of fused-ring (bicyclic) bond motifs is 1. The summed E-state index contributed by atoms with van der Waals surface area (Å²) < 4.78 is 1.04. The lowest BCUT2D eigenvalue weighted by molar-refractivity contribution is 0.238. The largest absolute Gasteiger partial charge is 0.396 e. The molecule has 1 unspecified atom stereocenters. The van der Waals surface area contributed by atoms with Gasteiger partial charge < -0.3 is 15.3 Å². The zero-order chi connectivity index (χ0) is 16.8. The Morgan fingerprint density at radius 1 is 1.32 bits per heavy atom. The molecule has 0 radical (unpaired) electrons. The van der Waals surface area contributed by atoms with Crippen LogP contribution in [0.1, 0.15) is 30.9 Å². The molecule has 7 nitrogen and oxygen atoms in total. The molecule has 0 bridgehead atoms. The van der Waals surface area contributed by atoms with Crippen LogP contribution in [0.25, 0.3) is 10.2 Å². The molecule has 2 aliphatic rings. The highest BCUT2D eigenvalue weighted by Crippen LogP contribution is 2.40. The van der Waals surface area contributed by atoms with Gasteiger partial charge in [0.15, 0.2) is 11.6 Å². The van der Waals surface area contributed by atoms with Gasteiger partial charge in [-0.25, -0.2) is 4.98 Å². The molecular formula is C17H20N6OS. The third-order valence-electron chi connectivity index (χ3n) is 4.98. The van der Waals surface area contributed by atoms with Crippen LogP contribution in [0.4, 0.5) is 17.6 Å². The van der Waals surface area contributed by atoms with Gasteiger partial charge in [0, 0.05) is 43.3 Å². The molecule has 25 heavy (non-hydrogen) atoms. The van der Waals surface area contributed by atoms with Crippen LogP contribution in [0.2, 0.25) is 0 Å². The number of H-pyrrole nitrogens is 1.